The first-order valence-corrected chi connectivity index (χ1v) is 5.18. The Bertz CT molecular complexity index is 168. The number of hydrogen-bond donors (Lipinski definition) is 1. The predicted molar refractivity (Wildman–Crippen MR) is 50.6 cm³/mol. The third-order valence-corrected chi connectivity index (χ3v) is 2.99. The standard InChI is InChI=1S/C10H19NO2/c1-10(12)7-11(8-10)6-9-2-4-13-5-3-9/h9,12H,2-8H2,1H3. The Morgan fingerprint density at radius 2 is 2.00 bits per heavy atom. The number of rotatable bonds is 2. The molecule has 2 rings (SSSR count). The third kappa shape index (κ3) is 2.42. The molecular formula is C10H19NO2. The van der Waals surface area contributed by atoms with Crippen LogP contribution in [0.3, 0.4) is 0 Å². The Morgan fingerprint density at radius 3 is 2.54 bits per heavy atom. The van der Waals surface area contributed by atoms with E-state index in [0.29, 0.717) is 0 Å². The average Bonchev–Trinajstić information content (AvgIpc) is 2.03. The summed E-state index contributed by atoms with van der Waals surface area (Å²) < 4.78 is 5.31. The summed E-state index contributed by atoms with van der Waals surface area (Å²) in [6, 6.07) is 0. The maximum Gasteiger partial charge on any atom is 0.0872 e. The fourth-order valence-electron chi connectivity index (χ4n) is 2.34. The minimum Gasteiger partial charge on any atom is -0.388 e. The molecule has 3 heteroatoms. The van der Waals surface area contributed by atoms with Crippen LogP contribution in [0.25, 0.3) is 0 Å². The number of hydrogen-bond acceptors (Lipinski definition) is 3. The monoisotopic (exact) mass is 185 g/mol. The van der Waals surface area contributed by atoms with Crippen molar-refractivity contribution in [3.63, 3.8) is 0 Å². The van der Waals surface area contributed by atoms with E-state index in [0.717, 1.165) is 38.8 Å². The highest BCUT2D eigenvalue weighted by molar-refractivity contribution is 4.92. The van der Waals surface area contributed by atoms with Crippen molar-refractivity contribution < 1.29 is 9.84 Å². The number of nitrogens with zero attached hydrogens (tertiary/aromatic N) is 1. The van der Waals surface area contributed by atoms with Crippen LogP contribution < -0.4 is 0 Å². The molecule has 76 valence electrons. The van der Waals surface area contributed by atoms with Gasteiger partial charge in [0, 0.05) is 32.8 Å². The van der Waals surface area contributed by atoms with E-state index in [2.05, 4.69) is 4.90 Å². The molecular weight excluding hydrogens is 166 g/mol. The first-order chi connectivity index (χ1) is 6.16. The molecule has 0 bridgehead atoms. The lowest BCUT2D eigenvalue weighted by Gasteiger charge is -2.46. The molecule has 2 fully saturated rings. The lowest BCUT2D eigenvalue weighted by atomic mass is 9.92. The molecule has 1 N–H and O–H groups in total. The first-order valence-electron chi connectivity index (χ1n) is 5.18. The van der Waals surface area contributed by atoms with Crippen LogP contribution in [-0.4, -0.2) is 48.5 Å². The molecule has 0 radical (unpaired) electrons. The van der Waals surface area contributed by atoms with Gasteiger partial charge in [-0.05, 0) is 25.7 Å². The van der Waals surface area contributed by atoms with E-state index < -0.39 is 5.60 Å². The zero-order chi connectivity index (χ0) is 9.31. The topological polar surface area (TPSA) is 32.7 Å². The van der Waals surface area contributed by atoms with Gasteiger partial charge in [0.25, 0.3) is 0 Å². The van der Waals surface area contributed by atoms with Crippen molar-refractivity contribution in [3.8, 4) is 0 Å². The van der Waals surface area contributed by atoms with Gasteiger partial charge >= 0.3 is 0 Å². The van der Waals surface area contributed by atoms with Gasteiger partial charge in [-0.2, -0.15) is 0 Å². The summed E-state index contributed by atoms with van der Waals surface area (Å²) in [5.74, 6) is 0.796. The normalized spacial score (nSPS) is 30.0. The predicted octanol–water partition coefficient (Wildman–Crippen LogP) is 0.480. The zero-order valence-corrected chi connectivity index (χ0v) is 8.33. The maximum absolute atomic E-state index is 9.55. The Labute approximate surface area is 79.7 Å². The van der Waals surface area contributed by atoms with Crippen LogP contribution >= 0.6 is 0 Å². The molecule has 0 atom stereocenters. The van der Waals surface area contributed by atoms with Gasteiger partial charge in [-0.25, -0.2) is 0 Å². The molecule has 0 aromatic rings. The van der Waals surface area contributed by atoms with Crippen molar-refractivity contribution in [3.05, 3.63) is 0 Å². The van der Waals surface area contributed by atoms with E-state index in [1.807, 2.05) is 6.92 Å². The minimum absolute atomic E-state index is 0.412. The largest absolute Gasteiger partial charge is 0.388 e. The molecule has 2 aliphatic rings. The summed E-state index contributed by atoms with van der Waals surface area (Å²) in [5, 5.41) is 9.55. The molecule has 0 saturated carbocycles. The molecule has 0 amide bonds. The number of β-amino-alcohol motifs (C(OH)–C–C–N with tert-alkyl or cyclic N) is 1. The van der Waals surface area contributed by atoms with Gasteiger partial charge in [0.1, 0.15) is 0 Å². The van der Waals surface area contributed by atoms with Gasteiger partial charge < -0.3 is 9.84 Å². The van der Waals surface area contributed by atoms with Crippen LogP contribution in [0.4, 0.5) is 0 Å². The minimum atomic E-state index is -0.412. The van der Waals surface area contributed by atoms with Crippen molar-refractivity contribution in [1.82, 2.24) is 4.90 Å². The van der Waals surface area contributed by atoms with E-state index in [-0.39, 0.29) is 0 Å². The fraction of sp³-hybridized carbons (Fsp3) is 1.00. The van der Waals surface area contributed by atoms with E-state index >= 15 is 0 Å². The lowest BCUT2D eigenvalue weighted by molar-refractivity contribution is -0.0932. The van der Waals surface area contributed by atoms with E-state index in [1.165, 1.54) is 12.8 Å². The van der Waals surface area contributed by atoms with Crippen molar-refractivity contribution in [2.45, 2.75) is 25.4 Å². The number of likely N-dealkylation sites (tertiary alicyclic amines) is 1. The summed E-state index contributed by atoms with van der Waals surface area (Å²) in [5.41, 5.74) is -0.412. The molecule has 2 saturated heterocycles. The van der Waals surface area contributed by atoms with E-state index in [4.69, 9.17) is 4.74 Å². The van der Waals surface area contributed by atoms with Crippen molar-refractivity contribution in [1.29, 1.82) is 0 Å². The van der Waals surface area contributed by atoms with Gasteiger partial charge in [-0.1, -0.05) is 0 Å². The van der Waals surface area contributed by atoms with E-state index in [9.17, 15) is 5.11 Å². The Morgan fingerprint density at radius 1 is 1.38 bits per heavy atom. The van der Waals surface area contributed by atoms with Crippen LogP contribution in [0.15, 0.2) is 0 Å². The summed E-state index contributed by atoms with van der Waals surface area (Å²) in [6.07, 6.45) is 2.39. The highest BCUT2D eigenvalue weighted by Gasteiger charge is 2.37. The quantitative estimate of drug-likeness (QED) is 0.679. The number of aliphatic hydroxyl groups is 1. The van der Waals surface area contributed by atoms with Crippen LogP contribution in [0.1, 0.15) is 19.8 Å². The van der Waals surface area contributed by atoms with Gasteiger partial charge in [-0.3, -0.25) is 4.90 Å². The second kappa shape index (κ2) is 3.56. The summed E-state index contributed by atoms with van der Waals surface area (Å²) >= 11 is 0. The molecule has 0 unspecified atom stereocenters. The summed E-state index contributed by atoms with van der Waals surface area (Å²) in [4.78, 5) is 2.34. The Kier molecular flexibility index (Phi) is 2.58. The molecule has 2 heterocycles. The molecule has 0 aromatic heterocycles. The highest BCUT2D eigenvalue weighted by Crippen LogP contribution is 2.24. The molecule has 0 spiro atoms. The molecule has 2 aliphatic heterocycles. The van der Waals surface area contributed by atoms with Gasteiger partial charge in [0.15, 0.2) is 0 Å². The van der Waals surface area contributed by atoms with Crippen LogP contribution in [0.5, 0.6) is 0 Å². The molecule has 13 heavy (non-hydrogen) atoms. The summed E-state index contributed by atoms with van der Waals surface area (Å²) in [6.45, 7) is 6.62. The Balaban J connectivity index is 1.68. The first kappa shape index (κ1) is 9.44. The van der Waals surface area contributed by atoms with Crippen molar-refractivity contribution in [2.75, 3.05) is 32.8 Å². The number of ether oxygens (including phenoxy) is 1. The maximum atomic E-state index is 9.55. The van der Waals surface area contributed by atoms with E-state index in [1.54, 1.807) is 0 Å². The molecule has 3 nitrogen and oxygen atoms in total. The Hall–Kier alpha value is -0.120. The molecule has 0 aromatic carbocycles. The third-order valence-electron chi connectivity index (χ3n) is 2.99. The smallest absolute Gasteiger partial charge is 0.0872 e. The fourth-order valence-corrected chi connectivity index (χ4v) is 2.34. The second-order valence-electron chi connectivity index (χ2n) is 4.72. The van der Waals surface area contributed by atoms with Gasteiger partial charge in [0.2, 0.25) is 0 Å². The average molecular weight is 185 g/mol. The van der Waals surface area contributed by atoms with Crippen LogP contribution in [0.2, 0.25) is 0 Å². The summed E-state index contributed by atoms with van der Waals surface area (Å²) in [7, 11) is 0. The highest BCUT2D eigenvalue weighted by atomic mass is 16.5. The molecule has 0 aliphatic carbocycles. The second-order valence-corrected chi connectivity index (χ2v) is 4.72. The SMILES string of the molecule is CC1(O)CN(CC2CCOCC2)C1. The lowest BCUT2D eigenvalue weighted by Crippen LogP contribution is -2.60. The van der Waals surface area contributed by atoms with Crippen molar-refractivity contribution in [2.24, 2.45) is 5.92 Å². The van der Waals surface area contributed by atoms with Gasteiger partial charge in [-0.15, -0.1) is 0 Å². The van der Waals surface area contributed by atoms with Crippen LogP contribution in [0, 0.1) is 5.92 Å². The van der Waals surface area contributed by atoms with Crippen LogP contribution in [-0.2, 0) is 4.74 Å². The van der Waals surface area contributed by atoms with Gasteiger partial charge in [0.05, 0.1) is 5.60 Å². The van der Waals surface area contributed by atoms with Crippen molar-refractivity contribution >= 4 is 0 Å². The zero-order valence-electron chi connectivity index (χ0n) is 8.33.